The minimum Gasteiger partial charge on any atom is -0.337 e. The highest BCUT2D eigenvalue weighted by molar-refractivity contribution is 7.96. The van der Waals surface area contributed by atoms with Gasteiger partial charge in [-0.1, -0.05) is 82.9 Å². The molecule has 9 heteroatoms. The third-order valence-electron chi connectivity index (χ3n) is 7.57. The molecule has 0 unspecified atom stereocenters. The summed E-state index contributed by atoms with van der Waals surface area (Å²) in [6, 6.07) is 25.8. The van der Waals surface area contributed by atoms with Crippen molar-refractivity contribution in [2.24, 2.45) is 0 Å². The lowest BCUT2D eigenvalue weighted by molar-refractivity contribution is 0.0910. The quantitative estimate of drug-likeness (QED) is 0.158. The maximum atomic E-state index is 14.9. The van der Waals surface area contributed by atoms with Crippen LogP contribution in [0, 0.1) is 13.8 Å². The number of benzene rings is 4. The Morgan fingerprint density at radius 3 is 1.22 bits per heavy atom. The van der Waals surface area contributed by atoms with Crippen LogP contribution in [0.3, 0.4) is 0 Å². The molecule has 0 spiro atoms. The molecular weight excluding hydrogens is 583 g/mol. The summed E-state index contributed by atoms with van der Waals surface area (Å²) in [6.07, 6.45) is -2.32. The van der Waals surface area contributed by atoms with Crippen molar-refractivity contribution in [3.63, 3.8) is 0 Å². The normalized spacial score (nSPS) is 25.0. The lowest BCUT2D eigenvalue weighted by atomic mass is 10.0. The SMILES string of the molecule is Cc1ccc([C@@H]2O[C@@]2(C(=O)c2ccc(Cl)cc2)S(=O)(=O)[C@]2(C(=O)c3ccc(Cl)cc3)O[C@H]2c2ccc(C)cc2)cc1. The standard InChI is InChI=1S/C32H24Cl2O6S/c1-19-3-7-23(8-4-19)29-31(39-29,27(35)21-11-15-25(33)16-12-21)41(37,38)32(28(36)22-13-17-26(34)18-14-22)30(40-32)24-9-5-20(2)6-10-24/h3-18,29-30H,1-2H3/t29-,30-,31-,32-/m0/s1. The molecule has 4 aromatic carbocycles. The third kappa shape index (κ3) is 4.35. The van der Waals surface area contributed by atoms with Gasteiger partial charge in [0.1, 0.15) is 12.2 Å². The molecule has 4 atom stereocenters. The van der Waals surface area contributed by atoms with E-state index in [1.807, 2.05) is 13.8 Å². The number of carbonyl (C=O) groups excluding carboxylic acids is 2. The molecule has 2 aliphatic heterocycles. The first-order valence-electron chi connectivity index (χ1n) is 12.8. The number of hydrogen-bond donors (Lipinski definition) is 0. The van der Waals surface area contributed by atoms with Crippen LogP contribution in [0.4, 0.5) is 0 Å². The van der Waals surface area contributed by atoms with Gasteiger partial charge < -0.3 is 9.47 Å². The fourth-order valence-electron chi connectivity index (χ4n) is 5.17. The summed E-state index contributed by atoms with van der Waals surface area (Å²) >= 11 is 12.1. The van der Waals surface area contributed by atoms with Crippen molar-refractivity contribution in [1.29, 1.82) is 0 Å². The van der Waals surface area contributed by atoms with E-state index in [0.29, 0.717) is 21.2 Å². The van der Waals surface area contributed by atoms with Gasteiger partial charge in [0.2, 0.25) is 21.4 Å². The summed E-state index contributed by atoms with van der Waals surface area (Å²) in [7, 11) is -4.86. The van der Waals surface area contributed by atoms with Crippen molar-refractivity contribution in [2.45, 2.75) is 35.9 Å². The Kier molecular flexibility index (Phi) is 6.71. The van der Waals surface area contributed by atoms with Gasteiger partial charge in [0.25, 0.3) is 9.87 Å². The molecule has 6 nitrogen and oxygen atoms in total. The van der Waals surface area contributed by atoms with Crippen LogP contribution in [0.25, 0.3) is 0 Å². The second-order valence-corrected chi connectivity index (χ2v) is 13.4. The zero-order valence-electron chi connectivity index (χ0n) is 22.0. The van der Waals surface area contributed by atoms with Gasteiger partial charge in [0.15, 0.2) is 0 Å². The van der Waals surface area contributed by atoms with Gasteiger partial charge in [-0.15, -0.1) is 0 Å². The van der Waals surface area contributed by atoms with Crippen molar-refractivity contribution in [3.8, 4) is 0 Å². The molecule has 0 N–H and O–H groups in total. The first-order valence-corrected chi connectivity index (χ1v) is 15.1. The highest BCUT2D eigenvalue weighted by Crippen LogP contribution is 2.66. The van der Waals surface area contributed by atoms with Crippen LogP contribution < -0.4 is 0 Å². The number of carbonyl (C=O) groups is 2. The predicted molar refractivity (Wildman–Crippen MR) is 156 cm³/mol. The molecule has 2 saturated heterocycles. The minimum absolute atomic E-state index is 0.0780. The summed E-state index contributed by atoms with van der Waals surface area (Å²) in [5.41, 5.74) is 3.03. The summed E-state index contributed by atoms with van der Waals surface area (Å²) in [4.78, 5) is 23.5. The number of rotatable bonds is 8. The van der Waals surface area contributed by atoms with Gasteiger partial charge in [-0.25, -0.2) is 8.42 Å². The van der Waals surface area contributed by atoms with Crippen molar-refractivity contribution in [1.82, 2.24) is 0 Å². The molecule has 0 amide bonds. The largest absolute Gasteiger partial charge is 0.337 e. The summed E-state index contributed by atoms with van der Waals surface area (Å²) in [6.45, 7) is 3.79. The molecule has 4 aromatic rings. The molecule has 2 heterocycles. The number of ketones is 2. The van der Waals surface area contributed by atoms with Crippen LogP contribution in [0.2, 0.25) is 10.0 Å². The number of epoxide rings is 2. The van der Waals surface area contributed by atoms with Crippen molar-refractivity contribution < 1.29 is 27.5 Å². The fourth-order valence-corrected chi connectivity index (χ4v) is 7.88. The van der Waals surface area contributed by atoms with Gasteiger partial charge in [-0.2, -0.15) is 0 Å². The fraction of sp³-hybridized carbons (Fsp3) is 0.188. The van der Waals surface area contributed by atoms with Crippen LogP contribution in [0.5, 0.6) is 0 Å². The molecule has 0 saturated carbocycles. The second-order valence-electron chi connectivity index (χ2n) is 10.3. The minimum atomic E-state index is -4.86. The van der Waals surface area contributed by atoms with Gasteiger partial charge in [-0.05, 0) is 73.5 Å². The van der Waals surface area contributed by atoms with Crippen LogP contribution in [-0.4, -0.2) is 29.9 Å². The Morgan fingerprint density at radius 1 is 0.585 bits per heavy atom. The van der Waals surface area contributed by atoms with Gasteiger partial charge >= 0.3 is 0 Å². The first-order chi connectivity index (χ1) is 19.5. The van der Waals surface area contributed by atoms with E-state index in [-0.39, 0.29) is 11.1 Å². The summed E-state index contributed by atoms with van der Waals surface area (Å²) in [5.74, 6) is -1.61. The second kappa shape index (κ2) is 9.89. The van der Waals surface area contributed by atoms with E-state index in [9.17, 15) is 18.0 Å². The molecule has 0 aliphatic carbocycles. The number of Topliss-reactive ketones (excluding diaryl/α,β-unsaturated/α-hetero) is 2. The van der Waals surface area contributed by atoms with E-state index < -0.39 is 43.5 Å². The number of aryl methyl sites for hydroxylation is 2. The molecule has 2 aliphatic rings. The number of hydrogen-bond acceptors (Lipinski definition) is 6. The van der Waals surface area contributed by atoms with E-state index in [1.54, 1.807) is 48.5 Å². The van der Waals surface area contributed by atoms with Crippen molar-refractivity contribution >= 4 is 44.6 Å². The lowest BCUT2D eigenvalue weighted by Crippen LogP contribution is -2.48. The van der Waals surface area contributed by atoms with Crippen LogP contribution >= 0.6 is 23.2 Å². The molecule has 6 rings (SSSR count). The van der Waals surface area contributed by atoms with E-state index >= 15 is 0 Å². The topological polar surface area (TPSA) is 93.3 Å². The predicted octanol–water partition coefficient (Wildman–Crippen LogP) is 7.03. The average Bonchev–Trinajstić information content (AvgIpc) is 3.88. The molecule has 41 heavy (non-hydrogen) atoms. The maximum absolute atomic E-state index is 14.9. The highest BCUT2D eigenvalue weighted by atomic mass is 35.5. The van der Waals surface area contributed by atoms with E-state index in [0.717, 1.165) is 11.1 Å². The monoisotopic (exact) mass is 606 g/mol. The van der Waals surface area contributed by atoms with E-state index in [1.165, 1.54) is 48.5 Å². The van der Waals surface area contributed by atoms with E-state index in [4.69, 9.17) is 32.7 Å². The molecule has 2 fully saturated rings. The molecular formula is C32H24Cl2O6S. The smallest absolute Gasteiger partial charge is 0.267 e. The Balaban J connectivity index is 1.53. The molecule has 0 radical (unpaired) electrons. The summed E-state index contributed by atoms with van der Waals surface area (Å²) < 4.78 is 41.7. The maximum Gasteiger partial charge on any atom is 0.267 e. The van der Waals surface area contributed by atoms with Crippen molar-refractivity contribution in [3.05, 3.63) is 140 Å². The van der Waals surface area contributed by atoms with Gasteiger partial charge in [-0.3, -0.25) is 9.59 Å². The molecule has 0 bridgehead atoms. The van der Waals surface area contributed by atoms with Crippen molar-refractivity contribution in [2.75, 3.05) is 0 Å². The number of halogens is 2. The van der Waals surface area contributed by atoms with Crippen LogP contribution in [-0.2, 0) is 19.3 Å². The number of sulfone groups is 1. The zero-order valence-corrected chi connectivity index (χ0v) is 24.3. The average molecular weight is 608 g/mol. The van der Waals surface area contributed by atoms with Crippen LogP contribution in [0.15, 0.2) is 97.1 Å². The Hall–Kier alpha value is -3.33. The van der Waals surface area contributed by atoms with Crippen LogP contribution in [0.1, 0.15) is 55.2 Å². The Labute approximate surface area is 247 Å². The lowest BCUT2D eigenvalue weighted by Gasteiger charge is -2.20. The Bertz CT molecular complexity index is 1640. The zero-order chi connectivity index (χ0) is 29.2. The number of ether oxygens (including phenoxy) is 2. The highest BCUT2D eigenvalue weighted by Gasteiger charge is 2.85. The van der Waals surface area contributed by atoms with E-state index in [2.05, 4.69) is 0 Å². The van der Waals surface area contributed by atoms with Gasteiger partial charge in [0, 0.05) is 21.2 Å². The summed E-state index contributed by atoms with van der Waals surface area (Å²) in [5, 5.41) is 0.759. The molecule has 0 aromatic heterocycles. The van der Waals surface area contributed by atoms with Gasteiger partial charge in [0.05, 0.1) is 0 Å². The first kappa shape index (κ1) is 27.8. The Morgan fingerprint density at radius 2 is 0.902 bits per heavy atom. The third-order valence-corrected chi connectivity index (χ3v) is 10.7. The molecule has 208 valence electrons.